The molecule has 0 atom stereocenters. The summed E-state index contributed by atoms with van der Waals surface area (Å²) in [5, 5.41) is 12.4. The quantitative estimate of drug-likeness (QED) is 0.872. The molecule has 0 bridgehead atoms. The molecule has 17 heavy (non-hydrogen) atoms. The zero-order chi connectivity index (χ0) is 12.6. The molecule has 6 heteroatoms. The second-order valence-corrected chi connectivity index (χ2v) is 3.46. The third-order valence-corrected chi connectivity index (χ3v) is 2.26. The van der Waals surface area contributed by atoms with Gasteiger partial charge in [-0.3, -0.25) is 0 Å². The number of rotatable bonds is 2. The van der Waals surface area contributed by atoms with Crippen LogP contribution in [-0.2, 0) is 0 Å². The third kappa shape index (κ3) is 1.89. The van der Waals surface area contributed by atoms with E-state index in [1.54, 1.807) is 0 Å². The van der Waals surface area contributed by atoms with Crippen LogP contribution in [0.3, 0.4) is 0 Å². The topological polar surface area (TPSA) is 55.1 Å². The molecular formula is C11H8F2N2O2. The molecule has 0 spiro atoms. The summed E-state index contributed by atoms with van der Waals surface area (Å²) < 4.78 is 27.9. The molecule has 4 nitrogen and oxygen atoms in total. The number of aromatic carboxylic acids is 1. The summed E-state index contributed by atoms with van der Waals surface area (Å²) in [5.41, 5.74) is -0.297. The van der Waals surface area contributed by atoms with Crippen LogP contribution in [0.15, 0.2) is 24.3 Å². The second kappa shape index (κ2) is 3.97. The van der Waals surface area contributed by atoms with Gasteiger partial charge in [0.1, 0.15) is 5.69 Å². The maximum atomic E-state index is 13.5. The van der Waals surface area contributed by atoms with Crippen LogP contribution in [0.4, 0.5) is 8.78 Å². The summed E-state index contributed by atoms with van der Waals surface area (Å²) in [6.07, 6.45) is 0. The van der Waals surface area contributed by atoms with Crippen LogP contribution in [0.25, 0.3) is 5.69 Å². The lowest BCUT2D eigenvalue weighted by molar-refractivity contribution is 0.0690. The van der Waals surface area contributed by atoms with Crippen LogP contribution >= 0.6 is 0 Å². The SMILES string of the molecule is Cc1cc(C(=O)O)nn1-c1c(F)cccc1F. The normalized spacial score (nSPS) is 10.5. The Morgan fingerprint density at radius 3 is 2.41 bits per heavy atom. The standard InChI is InChI=1S/C11H8F2N2O2/c1-6-5-9(11(16)17)14-15(6)10-7(12)3-2-4-8(10)13/h2-5H,1H3,(H,16,17). The van der Waals surface area contributed by atoms with Crippen molar-refractivity contribution in [2.75, 3.05) is 0 Å². The van der Waals surface area contributed by atoms with Crippen molar-refractivity contribution in [2.45, 2.75) is 6.92 Å². The molecule has 2 aromatic rings. The van der Waals surface area contributed by atoms with Gasteiger partial charge in [0, 0.05) is 5.69 Å². The predicted octanol–water partition coefficient (Wildman–Crippen LogP) is 2.16. The summed E-state index contributed by atoms with van der Waals surface area (Å²) in [6.45, 7) is 1.52. The van der Waals surface area contributed by atoms with E-state index in [-0.39, 0.29) is 11.4 Å². The van der Waals surface area contributed by atoms with Gasteiger partial charge in [-0.05, 0) is 25.1 Å². The largest absolute Gasteiger partial charge is 0.476 e. The highest BCUT2D eigenvalue weighted by Gasteiger charge is 2.17. The molecule has 0 unspecified atom stereocenters. The summed E-state index contributed by atoms with van der Waals surface area (Å²) in [7, 11) is 0. The molecule has 0 saturated heterocycles. The number of carbonyl (C=O) groups is 1. The van der Waals surface area contributed by atoms with Gasteiger partial charge in [-0.25, -0.2) is 18.3 Å². The molecule has 0 amide bonds. The molecule has 1 heterocycles. The highest BCUT2D eigenvalue weighted by Crippen LogP contribution is 2.19. The first-order chi connectivity index (χ1) is 8.00. The van der Waals surface area contributed by atoms with Gasteiger partial charge in [-0.2, -0.15) is 5.10 Å². The van der Waals surface area contributed by atoms with Crippen LogP contribution in [-0.4, -0.2) is 20.9 Å². The van der Waals surface area contributed by atoms with E-state index in [4.69, 9.17) is 5.11 Å². The van der Waals surface area contributed by atoms with Gasteiger partial charge in [0.05, 0.1) is 0 Å². The highest BCUT2D eigenvalue weighted by atomic mass is 19.1. The third-order valence-electron chi connectivity index (χ3n) is 2.26. The number of carboxylic acids is 1. The first kappa shape index (κ1) is 11.3. The van der Waals surface area contributed by atoms with E-state index in [1.165, 1.54) is 19.1 Å². The molecule has 0 aliphatic rings. The molecule has 0 aliphatic carbocycles. The van der Waals surface area contributed by atoms with Gasteiger partial charge in [0.25, 0.3) is 0 Å². The van der Waals surface area contributed by atoms with Crippen molar-refractivity contribution in [3.05, 3.63) is 47.3 Å². The van der Waals surface area contributed by atoms with Crippen molar-refractivity contribution in [1.29, 1.82) is 0 Å². The van der Waals surface area contributed by atoms with Gasteiger partial charge in [-0.15, -0.1) is 0 Å². The number of carboxylic acid groups (broad SMARTS) is 1. The average molecular weight is 238 g/mol. The summed E-state index contributed by atoms with van der Waals surface area (Å²) in [4.78, 5) is 10.7. The number of para-hydroxylation sites is 1. The van der Waals surface area contributed by atoms with E-state index in [1.807, 2.05) is 0 Å². The Bertz CT molecular complexity index is 573. The average Bonchev–Trinajstić information content (AvgIpc) is 2.61. The van der Waals surface area contributed by atoms with Gasteiger partial charge in [-0.1, -0.05) is 6.07 Å². The zero-order valence-electron chi connectivity index (χ0n) is 8.82. The summed E-state index contributed by atoms with van der Waals surface area (Å²) >= 11 is 0. The van der Waals surface area contributed by atoms with Crippen molar-refractivity contribution in [3.63, 3.8) is 0 Å². The number of hydrogen-bond donors (Lipinski definition) is 1. The van der Waals surface area contributed by atoms with E-state index in [0.717, 1.165) is 16.8 Å². The van der Waals surface area contributed by atoms with Crippen LogP contribution in [0.2, 0.25) is 0 Å². The Morgan fingerprint density at radius 1 is 1.35 bits per heavy atom. The molecule has 88 valence electrons. The van der Waals surface area contributed by atoms with Crippen LogP contribution < -0.4 is 0 Å². The Hall–Kier alpha value is -2.24. The predicted molar refractivity (Wildman–Crippen MR) is 55.2 cm³/mol. The smallest absolute Gasteiger partial charge is 0.356 e. The Morgan fingerprint density at radius 2 is 1.94 bits per heavy atom. The van der Waals surface area contributed by atoms with Crippen molar-refractivity contribution >= 4 is 5.97 Å². The lowest BCUT2D eigenvalue weighted by Crippen LogP contribution is -2.06. The molecular weight excluding hydrogens is 230 g/mol. The fraction of sp³-hybridized carbons (Fsp3) is 0.0909. The number of aromatic nitrogens is 2. The van der Waals surface area contributed by atoms with Crippen molar-refractivity contribution in [3.8, 4) is 5.69 Å². The molecule has 2 rings (SSSR count). The van der Waals surface area contributed by atoms with E-state index in [2.05, 4.69) is 5.10 Å². The van der Waals surface area contributed by atoms with E-state index < -0.39 is 17.6 Å². The molecule has 0 saturated carbocycles. The zero-order valence-corrected chi connectivity index (χ0v) is 8.82. The minimum absolute atomic E-state index is 0.259. The second-order valence-electron chi connectivity index (χ2n) is 3.46. The molecule has 1 aromatic carbocycles. The van der Waals surface area contributed by atoms with Crippen LogP contribution in [0, 0.1) is 18.6 Å². The Kier molecular flexibility index (Phi) is 2.63. The molecule has 0 radical (unpaired) electrons. The molecule has 0 fully saturated rings. The molecule has 1 N–H and O–H groups in total. The number of halogens is 2. The van der Waals surface area contributed by atoms with Gasteiger partial charge >= 0.3 is 5.97 Å². The number of benzene rings is 1. The maximum Gasteiger partial charge on any atom is 0.356 e. The Balaban J connectivity index is 2.64. The van der Waals surface area contributed by atoms with E-state index >= 15 is 0 Å². The van der Waals surface area contributed by atoms with Gasteiger partial charge in [0.15, 0.2) is 17.3 Å². The summed E-state index contributed by atoms with van der Waals surface area (Å²) in [5.74, 6) is -2.84. The Labute approximate surface area is 95.1 Å². The monoisotopic (exact) mass is 238 g/mol. The lowest BCUT2D eigenvalue weighted by Gasteiger charge is -2.06. The first-order valence-electron chi connectivity index (χ1n) is 4.75. The van der Waals surface area contributed by atoms with Crippen LogP contribution in [0.5, 0.6) is 0 Å². The van der Waals surface area contributed by atoms with E-state index in [9.17, 15) is 13.6 Å². The molecule has 1 aromatic heterocycles. The fourth-order valence-corrected chi connectivity index (χ4v) is 1.50. The van der Waals surface area contributed by atoms with Gasteiger partial charge in [0.2, 0.25) is 0 Å². The number of hydrogen-bond acceptors (Lipinski definition) is 2. The molecule has 0 aliphatic heterocycles. The van der Waals surface area contributed by atoms with Gasteiger partial charge < -0.3 is 5.11 Å². The number of nitrogens with zero attached hydrogens (tertiary/aromatic N) is 2. The minimum Gasteiger partial charge on any atom is -0.476 e. The fourth-order valence-electron chi connectivity index (χ4n) is 1.50. The van der Waals surface area contributed by atoms with E-state index in [0.29, 0.717) is 5.69 Å². The van der Waals surface area contributed by atoms with Crippen molar-refractivity contribution in [1.82, 2.24) is 9.78 Å². The highest BCUT2D eigenvalue weighted by molar-refractivity contribution is 5.85. The summed E-state index contributed by atoms with van der Waals surface area (Å²) in [6, 6.07) is 4.64. The number of aryl methyl sites for hydroxylation is 1. The van der Waals surface area contributed by atoms with Crippen LogP contribution in [0.1, 0.15) is 16.2 Å². The van der Waals surface area contributed by atoms with Crippen molar-refractivity contribution < 1.29 is 18.7 Å². The maximum absolute atomic E-state index is 13.5. The first-order valence-corrected chi connectivity index (χ1v) is 4.75. The minimum atomic E-state index is -1.25. The lowest BCUT2D eigenvalue weighted by atomic mass is 10.3. The van der Waals surface area contributed by atoms with Crippen molar-refractivity contribution in [2.24, 2.45) is 0 Å².